The first-order valence-electron chi connectivity index (χ1n) is 8.62. The maximum atomic E-state index is 12.6. The van der Waals surface area contributed by atoms with E-state index in [2.05, 4.69) is 21.2 Å². The Hall–Kier alpha value is -2.44. The SMILES string of the molecule is O=C(Nc1ccc2c(c1)CN(C(=O)c1cccs1)CC2)c1ccccc1Br. The second kappa shape index (κ2) is 7.66. The molecule has 1 aliphatic heterocycles. The van der Waals surface area contributed by atoms with E-state index in [4.69, 9.17) is 0 Å². The van der Waals surface area contributed by atoms with E-state index in [-0.39, 0.29) is 11.8 Å². The van der Waals surface area contributed by atoms with E-state index in [1.165, 1.54) is 16.9 Å². The van der Waals surface area contributed by atoms with Gasteiger partial charge < -0.3 is 10.2 Å². The smallest absolute Gasteiger partial charge is 0.264 e. The van der Waals surface area contributed by atoms with Gasteiger partial charge in [0.15, 0.2) is 0 Å². The van der Waals surface area contributed by atoms with Crippen LogP contribution in [-0.4, -0.2) is 23.3 Å². The van der Waals surface area contributed by atoms with Crippen molar-refractivity contribution in [3.63, 3.8) is 0 Å². The number of halogens is 1. The van der Waals surface area contributed by atoms with Gasteiger partial charge in [0.05, 0.1) is 10.4 Å². The van der Waals surface area contributed by atoms with Gasteiger partial charge in [-0.2, -0.15) is 0 Å². The summed E-state index contributed by atoms with van der Waals surface area (Å²) < 4.78 is 0.758. The van der Waals surface area contributed by atoms with Crippen molar-refractivity contribution in [2.45, 2.75) is 13.0 Å². The minimum Gasteiger partial charge on any atom is -0.333 e. The van der Waals surface area contributed by atoms with Gasteiger partial charge in [-0.25, -0.2) is 0 Å². The largest absolute Gasteiger partial charge is 0.333 e. The maximum Gasteiger partial charge on any atom is 0.264 e. The van der Waals surface area contributed by atoms with E-state index < -0.39 is 0 Å². The van der Waals surface area contributed by atoms with Crippen molar-refractivity contribution in [2.75, 3.05) is 11.9 Å². The molecule has 2 aromatic carbocycles. The summed E-state index contributed by atoms with van der Waals surface area (Å²) in [5, 5.41) is 4.87. The number of benzene rings is 2. The van der Waals surface area contributed by atoms with Gasteiger partial charge in [-0.1, -0.05) is 24.3 Å². The summed E-state index contributed by atoms with van der Waals surface area (Å²) in [5.41, 5.74) is 3.63. The number of nitrogens with zero attached hydrogens (tertiary/aromatic N) is 1. The fraction of sp³-hybridized carbons (Fsp3) is 0.143. The summed E-state index contributed by atoms with van der Waals surface area (Å²) in [6.07, 6.45) is 0.824. The zero-order chi connectivity index (χ0) is 18.8. The molecule has 6 heteroatoms. The predicted octanol–water partition coefficient (Wildman–Crippen LogP) is 4.96. The van der Waals surface area contributed by atoms with Crippen LogP contribution in [0.4, 0.5) is 5.69 Å². The minimum atomic E-state index is -0.162. The lowest BCUT2D eigenvalue weighted by atomic mass is 9.98. The van der Waals surface area contributed by atoms with Crippen LogP contribution >= 0.6 is 27.3 Å². The molecule has 1 aliphatic rings. The average molecular weight is 441 g/mol. The van der Waals surface area contributed by atoms with Crippen molar-refractivity contribution in [2.24, 2.45) is 0 Å². The molecule has 0 saturated heterocycles. The maximum absolute atomic E-state index is 12.6. The van der Waals surface area contributed by atoms with E-state index in [0.29, 0.717) is 18.7 Å². The quantitative estimate of drug-likeness (QED) is 0.625. The highest BCUT2D eigenvalue weighted by molar-refractivity contribution is 9.10. The van der Waals surface area contributed by atoms with Crippen LogP contribution in [0.1, 0.15) is 31.2 Å². The van der Waals surface area contributed by atoms with Crippen LogP contribution in [0, 0.1) is 0 Å². The van der Waals surface area contributed by atoms with Crippen LogP contribution in [0.2, 0.25) is 0 Å². The van der Waals surface area contributed by atoms with E-state index in [1.54, 1.807) is 6.07 Å². The number of rotatable bonds is 3. The van der Waals surface area contributed by atoms with Crippen LogP contribution in [-0.2, 0) is 13.0 Å². The second-order valence-corrected chi connectivity index (χ2v) is 8.17. The molecule has 1 N–H and O–H groups in total. The molecule has 3 aromatic rings. The minimum absolute atomic E-state index is 0.0679. The summed E-state index contributed by atoms with van der Waals surface area (Å²) in [4.78, 5) is 27.8. The first-order valence-corrected chi connectivity index (χ1v) is 10.3. The summed E-state index contributed by atoms with van der Waals surface area (Å²) in [6.45, 7) is 1.28. The second-order valence-electron chi connectivity index (χ2n) is 6.37. The lowest BCUT2D eigenvalue weighted by molar-refractivity contribution is 0.0739. The first-order chi connectivity index (χ1) is 13.1. The molecular weight excluding hydrogens is 424 g/mol. The topological polar surface area (TPSA) is 49.4 Å². The molecule has 27 heavy (non-hydrogen) atoms. The number of fused-ring (bicyclic) bond motifs is 1. The van der Waals surface area contributed by atoms with Gasteiger partial charge in [-0.3, -0.25) is 9.59 Å². The molecule has 4 rings (SSSR count). The Kier molecular flexibility index (Phi) is 5.09. The van der Waals surface area contributed by atoms with Crippen molar-refractivity contribution in [1.82, 2.24) is 4.90 Å². The van der Waals surface area contributed by atoms with Crippen molar-refractivity contribution in [3.8, 4) is 0 Å². The average Bonchev–Trinajstić information content (AvgIpc) is 3.22. The molecule has 136 valence electrons. The highest BCUT2D eigenvalue weighted by Crippen LogP contribution is 2.25. The number of amides is 2. The predicted molar refractivity (Wildman–Crippen MR) is 111 cm³/mol. The van der Waals surface area contributed by atoms with Crippen LogP contribution in [0.3, 0.4) is 0 Å². The fourth-order valence-corrected chi connectivity index (χ4v) is 4.36. The summed E-state index contributed by atoms with van der Waals surface area (Å²) in [5.74, 6) is -0.0944. The Morgan fingerprint density at radius 1 is 1.04 bits per heavy atom. The van der Waals surface area contributed by atoms with Gasteiger partial charge in [0.1, 0.15) is 0 Å². The van der Waals surface area contributed by atoms with Gasteiger partial charge in [0.25, 0.3) is 11.8 Å². The number of anilines is 1. The molecule has 0 radical (unpaired) electrons. The third kappa shape index (κ3) is 3.82. The zero-order valence-corrected chi connectivity index (χ0v) is 16.8. The third-order valence-electron chi connectivity index (χ3n) is 4.61. The Morgan fingerprint density at radius 2 is 1.89 bits per heavy atom. The van der Waals surface area contributed by atoms with Crippen LogP contribution < -0.4 is 5.32 Å². The highest BCUT2D eigenvalue weighted by atomic mass is 79.9. The normalized spacial score (nSPS) is 13.1. The molecule has 0 aliphatic carbocycles. The molecule has 0 spiro atoms. The molecular formula is C21H17BrN2O2S. The molecule has 0 fully saturated rings. The Labute approximate surface area is 170 Å². The van der Waals surface area contributed by atoms with Gasteiger partial charge in [0.2, 0.25) is 0 Å². The Morgan fingerprint density at radius 3 is 2.67 bits per heavy atom. The van der Waals surface area contributed by atoms with Crippen LogP contribution in [0.25, 0.3) is 0 Å². The number of hydrogen-bond donors (Lipinski definition) is 1. The van der Waals surface area contributed by atoms with E-state index in [1.807, 2.05) is 58.8 Å². The molecule has 4 nitrogen and oxygen atoms in total. The fourth-order valence-electron chi connectivity index (χ4n) is 3.21. The number of carbonyl (C=O) groups is 2. The molecule has 0 atom stereocenters. The van der Waals surface area contributed by atoms with Gasteiger partial charge >= 0.3 is 0 Å². The van der Waals surface area contributed by atoms with Gasteiger partial charge in [-0.15, -0.1) is 11.3 Å². The molecule has 1 aromatic heterocycles. The van der Waals surface area contributed by atoms with E-state index in [0.717, 1.165) is 27.0 Å². The monoisotopic (exact) mass is 440 g/mol. The van der Waals surface area contributed by atoms with Crippen molar-refractivity contribution in [3.05, 3.63) is 86.0 Å². The Balaban J connectivity index is 1.52. The van der Waals surface area contributed by atoms with E-state index in [9.17, 15) is 9.59 Å². The van der Waals surface area contributed by atoms with Crippen molar-refractivity contribution in [1.29, 1.82) is 0 Å². The summed E-state index contributed by atoms with van der Waals surface area (Å²) in [6, 6.07) is 17.0. The van der Waals surface area contributed by atoms with Crippen molar-refractivity contribution >= 4 is 44.8 Å². The number of thiophene rings is 1. The molecule has 2 heterocycles. The lowest BCUT2D eigenvalue weighted by Gasteiger charge is -2.29. The molecule has 0 saturated carbocycles. The lowest BCUT2D eigenvalue weighted by Crippen LogP contribution is -2.35. The van der Waals surface area contributed by atoms with Crippen LogP contribution in [0.5, 0.6) is 0 Å². The number of hydrogen-bond acceptors (Lipinski definition) is 3. The summed E-state index contributed by atoms with van der Waals surface area (Å²) in [7, 11) is 0. The van der Waals surface area contributed by atoms with Crippen molar-refractivity contribution < 1.29 is 9.59 Å². The summed E-state index contributed by atoms with van der Waals surface area (Å²) >= 11 is 4.87. The first kappa shape index (κ1) is 17.9. The standard InChI is InChI=1S/C21H17BrN2O2S/c22-18-5-2-1-4-17(18)20(25)23-16-8-7-14-9-10-24(13-15(14)12-16)21(26)19-6-3-11-27-19/h1-8,11-12H,9-10,13H2,(H,23,25). The highest BCUT2D eigenvalue weighted by Gasteiger charge is 2.23. The third-order valence-corrected chi connectivity index (χ3v) is 6.16. The van der Waals surface area contributed by atoms with Gasteiger partial charge in [0, 0.05) is 23.2 Å². The molecule has 0 bridgehead atoms. The van der Waals surface area contributed by atoms with E-state index >= 15 is 0 Å². The van der Waals surface area contributed by atoms with Crippen LogP contribution in [0.15, 0.2) is 64.5 Å². The number of carbonyl (C=O) groups excluding carboxylic acids is 2. The number of nitrogens with one attached hydrogen (secondary N) is 1. The zero-order valence-electron chi connectivity index (χ0n) is 14.4. The Bertz CT molecular complexity index is 1000. The molecule has 0 unspecified atom stereocenters. The van der Waals surface area contributed by atoms with Gasteiger partial charge in [-0.05, 0) is 69.2 Å². The molecule has 2 amide bonds.